The highest BCUT2D eigenvalue weighted by atomic mass is 127. The molecule has 1 aromatic carbocycles. The molecule has 0 atom stereocenters. The van der Waals surface area contributed by atoms with Crippen molar-refractivity contribution in [2.24, 2.45) is 12.0 Å². The molecule has 0 amide bonds. The number of rotatable bonds is 8. The predicted molar refractivity (Wildman–Crippen MR) is 131 cm³/mol. The van der Waals surface area contributed by atoms with E-state index >= 15 is 0 Å². The summed E-state index contributed by atoms with van der Waals surface area (Å²) < 4.78 is 7.97. The van der Waals surface area contributed by atoms with E-state index in [9.17, 15) is 0 Å². The summed E-state index contributed by atoms with van der Waals surface area (Å²) in [5, 5.41) is 11.5. The van der Waals surface area contributed by atoms with Gasteiger partial charge in [0.05, 0.1) is 11.8 Å². The van der Waals surface area contributed by atoms with Gasteiger partial charge in [-0.1, -0.05) is 26.0 Å². The quantitative estimate of drug-likeness (QED) is 0.317. The summed E-state index contributed by atoms with van der Waals surface area (Å²) in [6.07, 6.45) is 2.03. The van der Waals surface area contributed by atoms with Crippen LogP contribution in [0.3, 0.4) is 0 Å². The first-order valence-electron chi connectivity index (χ1n) is 10.1. The van der Waals surface area contributed by atoms with Crippen molar-refractivity contribution in [2.45, 2.75) is 66.7 Å². The summed E-state index contributed by atoms with van der Waals surface area (Å²) in [6, 6.07) is 6.31. The molecule has 2 N–H and O–H groups in total. The van der Waals surface area contributed by atoms with E-state index < -0.39 is 0 Å². The first kappa shape index (κ1) is 25.3. The van der Waals surface area contributed by atoms with Crippen LogP contribution in [-0.2, 0) is 33.0 Å². The highest BCUT2D eigenvalue weighted by Gasteiger charge is 2.14. The highest BCUT2D eigenvalue weighted by Crippen LogP contribution is 2.21. The molecular weight excluding hydrogens is 477 g/mol. The number of guanidine groups is 1. The molecule has 0 unspecified atom stereocenters. The number of nitrogens with zero attached hydrogens (tertiary/aromatic N) is 3. The van der Waals surface area contributed by atoms with Crippen LogP contribution >= 0.6 is 24.0 Å². The first-order valence-corrected chi connectivity index (χ1v) is 10.1. The van der Waals surface area contributed by atoms with E-state index in [0.717, 1.165) is 35.8 Å². The number of hydrogen-bond donors (Lipinski definition) is 2. The fourth-order valence-corrected chi connectivity index (χ4v) is 3.34. The molecule has 7 heteroatoms. The summed E-state index contributed by atoms with van der Waals surface area (Å²) >= 11 is 0. The van der Waals surface area contributed by atoms with Gasteiger partial charge >= 0.3 is 0 Å². The minimum atomic E-state index is 0. The van der Waals surface area contributed by atoms with E-state index in [0.29, 0.717) is 13.1 Å². The lowest BCUT2D eigenvalue weighted by Gasteiger charge is -2.17. The van der Waals surface area contributed by atoms with Crippen molar-refractivity contribution < 1.29 is 4.74 Å². The number of halogens is 1. The van der Waals surface area contributed by atoms with Gasteiger partial charge in [-0.25, -0.2) is 0 Å². The van der Waals surface area contributed by atoms with Crippen LogP contribution in [0.5, 0.6) is 5.75 Å². The fourth-order valence-electron chi connectivity index (χ4n) is 3.34. The molecule has 0 aliphatic heterocycles. The standard InChI is InChI=1S/C22H35N5O.HI/c1-8-19-18(20(9-2)27(7)26-19)14-25-22(23-6)24-13-17-11-10-16(5)12-21(17)28-15(3)4;/h10-12,15H,8-9,13-14H2,1-7H3,(H2,23,24,25);1H. The van der Waals surface area contributed by atoms with Crippen molar-refractivity contribution >= 4 is 29.9 Å². The average Bonchev–Trinajstić information content (AvgIpc) is 2.97. The van der Waals surface area contributed by atoms with Crippen molar-refractivity contribution in [3.05, 3.63) is 46.3 Å². The zero-order valence-corrected chi connectivity index (χ0v) is 21.1. The van der Waals surface area contributed by atoms with Crippen LogP contribution in [0.25, 0.3) is 0 Å². The average molecular weight is 513 g/mol. The van der Waals surface area contributed by atoms with E-state index in [4.69, 9.17) is 4.74 Å². The van der Waals surface area contributed by atoms with Crippen molar-refractivity contribution in [1.82, 2.24) is 20.4 Å². The van der Waals surface area contributed by atoms with E-state index in [1.165, 1.54) is 16.8 Å². The zero-order chi connectivity index (χ0) is 20.7. The Morgan fingerprint density at radius 1 is 1.17 bits per heavy atom. The van der Waals surface area contributed by atoms with Gasteiger partial charge in [-0.3, -0.25) is 9.67 Å². The van der Waals surface area contributed by atoms with Gasteiger partial charge in [-0.05, 0) is 45.2 Å². The SMILES string of the molecule is CCc1nn(C)c(CC)c1CNC(=NC)NCc1ccc(C)cc1OC(C)C.I. The number of hydrogen-bond acceptors (Lipinski definition) is 3. The summed E-state index contributed by atoms with van der Waals surface area (Å²) in [6.45, 7) is 11.8. The molecule has 0 aliphatic rings. The third-order valence-electron chi connectivity index (χ3n) is 4.72. The molecule has 0 bridgehead atoms. The monoisotopic (exact) mass is 513 g/mol. The van der Waals surface area contributed by atoms with Gasteiger partial charge < -0.3 is 15.4 Å². The van der Waals surface area contributed by atoms with Crippen LogP contribution in [0.4, 0.5) is 0 Å². The smallest absolute Gasteiger partial charge is 0.191 e. The highest BCUT2D eigenvalue weighted by molar-refractivity contribution is 14.0. The molecule has 0 saturated heterocycles. The second kappa shape index (κ2) is 12.0. The second-order valence-electron chi connectivity index (χ2n) is 7.26. The van der Waals surface area contributed by atoms with Gasteiger partial charge in [0.1, 0.15) is 5.75 Å². The molecule has 0 saturated carbocycles. The van der Waals surface area contributed by atoms with Crippen molar-refractivity contribution in [3.8, 4) is 5.75 Å². The van der Waals surface area contributed by atoms with Crippen molar-refractivity contribution in [2.75, 3.05) is 7.05 Å². The Kier molecular flexibility index (Phi) is 10.5. The molecule has 1 heterocycles. The summed E-state index contributed by atoms with van der Waals surface area (Å²) in [5.41, 5.74) is 6.00. The zero-order valence-electron chi connectivity index (χ0n) is 18.8. The van der Waals surface area contributed by atoms with Gasteiger partial charge in [-0.2, -0.15) is 5.10 Å². The molecule has 0 spiro atoms. The van der Waals surface area contributed by atoms with Gasteiger partial charge in [-0.15, -0.1) is 24.0 Å². The Morgan fingerprint density at radius 2 is 1.86 bits per heavy atom. The Labute approximate surface area is 192 Å². The molecular formula is C22H36IN5O. The third-order valence-corrected chi connectivity index (χ3v) is 4.72. The van der Waals surface area contributed by atoms with Crippen LogP contribution in [0.15, 0.2) is 23.2 Å². The number of aromatic nitrogens is 2. The van der Waals surface area contributed by atoms with E-state index in [2.05, 4.69) is 59.7 Å². The lowest BCUT2D eigenvalue weighted by atomic mass is 10.1. The normalized spacial score (nSPS) is 11.4. The minimum Gasteiger partial charge on any atom is -0.491 e. The van der Waals surface area contributed by atoms with Crippen molar-refractivity contribution in [1.29, 1.82) is 0 Å². The van der Waals surface area contributed by atoms with Gasteiger partial charge in [0.15, 0.2) is 5.96 Å². The fraction of sp³-hybridized carbons (Fsp3) is 0.545. The lowest BCUT2D eigenvalue weighted by Crippen LogP contribution is -2.36. The molecule has 0 aliphatic carbocycles. The second-order valence-corrected chi connectivity index (χ2v) is 7.26. The minimum absolute atomic E-state index is 0. The number of nitrogens with one attached hydrogen (secondary N) is 2. The Balaban J connectivity index is 0.00000420. The maximum absolute atomic E-state index is 5.97. The molecule has 29 heavy (non-hydrogen) atoms. The predicted octanol–water partition coefficient (Wildman–Crippen LogP) is 4.12. The Hall–Kier alpha value is -1.77. The summed E-state index contributed by atoms with van der Waals surface area (Å²) in [4.78, 5) is 4.37. The maximum Gasteiger partial charge on any atom is 0.191 e. The number of aryl methyl sites for hydroxylation is 3. The van der Waals surface area contributed by atoms with E-state index in [1.807, 2.05) is 25.6 Å². The maximum atomic E-state index is 5.97. The molecule has 2 rings (SSSR count). The first-order chi connectivity index (χ1) is 13.4. The summed E-state index contributed by atoms with van der Waals surface area (Å²) in [7, 11) is 3.81. The Morgan fingerprint density at radius 3 is 2.45 bits per heavy atom. The lowest BCUT2D eigenvalue weighted by molar-refractivity contribution is 0.239. The van der Waals surface area contributed by atoms with Crippen LogP contribution in [-0.4, -0.2) is 28.9 Å². The Bertz CT molecular complexity index is 814. The molecule has 1 aromatic heterocycles. The van der Waals surface area contributed by atoms with Crippen LogP contribution in [0.1, 0.15) is 55.8 Å². The number of benzene rings is 1. The number of aliphatic imine (C=N–C) groups is 1. The summed E-state index contributed by atoms with van der Waals surface area (Å²) in [5.74, 6) is 1.69. The molecule has 2 aromatic rings. The van der Waals surface area contributed by atoms with Gasteiger partial charge in [0.25, 0.3) is 0 Å². The van der Waals surface area contributed by atoms with E-state index in [1.54, 1.807) is 7.05 Å². The largest absolute Gasteiger partial charge is 0.491 e. The molecule has 0 fully saturated rings. The number of ether oxygens (including phenoxy) is 1. The molecule has 6 nitrogen and oxygen atoms in total. The van der Waals surface area contributed by atoms with E-state index in [-0.39, 0.29) is 30.1 Å². The topological polar surface area (TPSA) is 63.5 Å². The molecule has 162 valence electrons. The van der Waals surface area contributed by atoms with Crippen molar-refractivity contribution in [3.63, 3.8) is 0 Å². The van der Waals surface area contributed by atoms with Crippen LogP contribution in [0, 0.1) is 6.92 Å². The molecule has 0 radical (unpaired) electrons. The van der Waals surface area contributed by atoms with Crippen LogP contribution in [0.2, 0.25) is 0 Å². The third kappa shape index (κ3) is 6.90. The van der Waals surface area contributed by atoms with Gasteiger partial charge in [0.2, 0.25) is 0 Å². The van der Waals surface area contributed by atoms with Gasteiger partial charge in [0, 0.05) is 44.0 Å². The van der Waals surface area contributed by atoms with Crippen LogP contribution < -0.4 is 15.4 Å².